The van der Waals surface area contributed by atoms with Gasteiger partial charge in [0.05, 0.1) is 18.8 Å². The standard InChI is InChI=1S/C19H22N2O/c1-19(2)11-13-21(15-19)17-8-3-4-9-18(17)22-14-10-16-7-5-6-12-20-16/h3-9,12H,10-11,13-14H2,1-2H3. The van der Waals surface area contributed by atoms with E-state index in [1.165, 1.54) is 0 Å². The summed E-state index contributed by atoms with van der Waals surface area (Å²) in [7, 11) is 0. The van der Waals surface area contributed by atoms with Gasteiger partial charge in [-0.3, -0.25) is 4.98 Å². The summed E-state index contributed by atoms with van der Waals surface area (Å²) in [4.78, 5) is 6.52. The lowest BCUT2D eigenvalue weighted by molar-refractivity contribution is 0.321. The number of rotatable bonds is 5. The lowest BCUT2D eigenvalue weighted by Crippen LogP contribution is -2.18. The second-order valence-electron chi connectivity index (χ2n) is 6.28. The topological polar surface area (TPSA) is 25.4 Å². The molecular formula is C19H22N2O. The number of nitrogens with zero attached hydrogens (tertiary/aromatic N) is 2. The highest BCUT2D eigenvalue weighted by atomic mass is 16.5. The number of ether oxygens (including phenoxy) is 1. The minimum absolute atomic E-state index is 0.140. The van der Waals surface area contributed by atoms with Crippen LogP contribution in [-0.4, -0.2) is 18.1 Å². The van der Waals surface area contributed by atoms with Gasteiger partial charge in [-0.1, -0.05) is 32.0 Å². The quantitative estimate of drug-likeness (QED) is 0.834. The lowest BCUT2D eigenvalue weighted by atomic mass is 9.93. The van der Waals surface area contributed by atoms with Crippen molar-refractivity contribution in [2.75, 3.05) is 18.1 Å². The largest absolute Gasteiger partial charge is 0.491 e. The van der Waals surface area contributed by atoms with Gasteiger partial charge < -0.3 is 9.64 Å². The Hall–Kier alpha value is -2.03. The van der Waals surface area contributed by atoms with Crippen molar-refractivity contribution >= 4 is 5.69 Å². The number of aromatic nitrogens is 1. The van der Waals surface area contributed by atoms with E-state index in [2.05, 4.69) is 36.3 Å². The van der Waals surface area contributed by atoms with Crippen LogP contribution in [-0.2, 0) is 6.42 Å². The van der Waals surface area contributed by atoms with Gasteiger partial charge in [0.1, 0.15) is 5.75 Å². The molecule has 1 aromatic heterocycles. The number of para-hydroxylation sites is 2. The highest BCUT2D eigenvalue weighted by molar-refractivity contribution is 5.60. The molecule has 1 aliphatic rings. The van der Waals surface area contributed by atoms with Crippen LogP contribution >= 0.6 is 0 Å². The zero-order valence-corrected chi connectivity index (χ0v) is 13.2. The maximum absolute atomic E-state index is 6.00. The van der Waals surface area contributed by atoms with Crippen LogP contribution in [0.25, 0.3) is 0 Å². The first-order valence-corrected chi connectivity index (χ1v) is 7.81. The predicted molar refractivity (Wildman–Crippen MR) is 88.9 cm³/mol. The molecule has 114 valence electrons. The number of hydrogen-bond donors (Lipinski definition) is 0. The first-order chi connectivity index (χ1) is 10.6. The minimum atomic E-state index is 0.140. The van der Waals surface area contributed by atoms with E-state index in [-0.39, 0.29) is 5.41 Å². The molecule has 0 spiro atoms. The van der Waals surface area contributed by atoms with Crippen molar-refractivity contribution in [2.24, 2.45) is 5.41 Å². The zero-order valence-electron chi connectivity index (χ0n) is 13.2. The molecule has 3 heteroatoms. The van der Waals surface area contributed by atoms with Crippen molar-refractivity contribution in [1.29, 1.82) is 0 Å². The monoisotopic (exact) mass is 294 g/mol. The third kappa shape index (κ3) is 3.59. The smallest absolute Gasteiger partial charge is 0.142 e. The molecule has 3 nitrogen and oxygen atoms in total. The van der Waals surface area contributed by atoms with Gasteiger partial charge >= 0.3 is 0 Å². The van der Waals surface area contributed by atoms with Crippen LogP contribution in [0.2, 0.25) is 0 Å². The van der Waals surface area contributed by atoms with E-state index in [0.717, 1.165) is 36.5 Å². The summed E-state index contributed by atoms with van der Waals surface area (Å²) < 4.78 is 6.00. The molecule has 2 heterocycles. The SMILES string of the molecule is CC1(C)[C]N(c2ccccc2OCCc2ccccn2)CC1. The van der Waals surface area contributed by atoms with E-state index in [1.807, 2.05) is 42.6 Å². The van der Waals surface area contributed by atoms with Crippen molar-refractivity contribution in [2.45, 2.75) is 26.7 Å². The van der Waals surface area contributed by atoms with Crippen LogP contribution in [0.1, 0.15) is 26.0 Å². The van der Waals surface area contributed by atoms with Crippen LogP contribution in [0.15, 0.2) is 48.7 Å². The Morgan fingerprint density at radius 1 is 1.18 bits per heavy atom. The Bertz CT molecular complexity index is 610. The van der Waals surface area contributed by atoms with Gasteiger partial charge in [-0.2, -0.15) is 0 Å². The molecule has 0 N–H and O–H groups in total. The summed E-state index contributed by atoms with van der Waals surface area (Å²) in [5, 5.41) is 0. The van der Waals surface area contributed by atoms with Crippen LogP contribution in [0.3, 0.4) is 0 Å². The Kier molecular flexibility index (Phi) is 4.32. The van der Waals surface area contributed by atoms with Crippen molar-refractivity contribution in [1.82, 2.24) is 4.98 Å². The molecule has 3 rings (SSSR count). The number of hydrogen-bond acceptors (Lipinski definition) is 3. The van der Waals surface area contributed by atoms with Crippen molar-refractivity contribution in [3.8, 4) is 5.75 Å². The predicted octanol–water partition coefficient (Wildman–Crippen LogP) is 3.98. The fourth-order valence-electron chi connectivity index (χ4n) is 2.66. The molecule has 1 fully saturated rings. The number of benzene rings is 1. The van der Waals surface area contributed by atoms with Gasteiger partial charge in [0, 0.05) is 24.9 Å². The van der Waals surface area contributed by atoms with E-state index < -0.39 is 0 Å². The second-order valence-corrected chi connectivity index (χ2v) is 6.28. The van der Waals surface area contributed by atoms with Crippen LogP contribution < -0.4 is 9.64 Å². The summed E-state index contributed by atoms with van der Waals surface area (Å²) in [6, 6.07) is 14.2. The summed E-state index contributed by atoms with van der Waals surface area (Å²) >= 11 is 0. The van der Waals surface area contributed by atoms with Gasteiger partial charge in [-0.25, -0.2) is 0 Å². The molecule has 2 aromatic rings. The highest BCUT2D eigenvalue weighted by Crippen LogP contribution is 2.39. The van der Waals surface area contributed by atoms with Crippen LogP contribution in [0, 0.1) is 12.0 Å². The third-order valence-electron chi connectivity index (χ3n) is 3.90. The van der Waals surface area contributed by atoms with Gasteiger partial charge in [0.2, 0.25) is 0 Å². The fraction of sp³-hybridized carbons (Fsp3) is 0.368. The summed E-state index contributed by atoms with van der Waals surface area (Å²) in [6.45, 7) is 9.60. The molecule has 0 atom stereocenters. The number of anilines is 1. The molecular weight excluding hydrogens is 272 g/mol. The van der Waals surface area contributed by atoms with Crippen molar-refractivity contribution in [3.63, 3.8) is 0 Å². The molecule has 1 aliphatic heterocycles. The Morgan fingerprint density at radius 3 is 2.73 bits per heavy atom. The Morgan fingerprint density at radius 2 is 2.00 bits per heavy atom. The molecule has 0 saturated carbocycles. The fourth-order valence-corrected chi connectivity index (χ4v) is 2.66. The molecule has 22 heavy (non-hydrogen) atoms. The third-order valence-corrected chi connectivity index (χ3v) is 3.90. The van der Waals surface area contributed by atoms with Gasteiger partial charge in [0.15, 0.2) is 0 Å². The second kappa shape index (κ2) is 6.39. The molecule has 2 radical (unpaired) electrons. The molecule has 1 aromatic carbocycles. The zero-order chi connectivity index (χ0) is 15.4. The average molecular weight is 294 g/mol. The molecule has 0 bridgehead atoms. The van der Waals surface area contributed by atoms with Crippen molar-refractivity contribution in [3.05, 3.63) is 60.9 Å². The average Bonchev–Trinajstić information content (AvgIpc) is 2.89. The Balaban J connectivity index is 1.64. The lowest BCUT2D eigenvalue weighted by Gasteiger charge is -2.22. The molecule has 1 saturated heterocycles. The van der Waals surface area contributed by atoms with Crippen LogP contribution in [0.4, 0.5) is 5.69 Å². The van der Waals surface area contributed by atoms with E-state index in [4.69, 9.17) is 4.74 Å². The molecule has 0 amide bonds. The van der Waals surface area contributed by atoms with Gasteiger partial charge in [0.25, 0.3) is 0 Å². The first kappa shape index (κ1) is 14.9. The van der Waals surface area contributed by atoms with E-state index in [1.54, 1.807) is 0 Å². The van der Waals surface area contributed by atoms with E-state index in [9.17, 15) is 0 Å². The minimum Gasteiger partial charge on any atom is -0.491 e. The summed E-state index contributed by atoms with van der Waals surface area (Å²) in [5.74, 6) is 0.920. The maximum atomic E-state index is 6.00. The highest BCUT2D eigenvalue weighted by Gasteiger charge is 2.32. The number of pyridine rings is 1. The van der Waals surface area contributed by atoms with Crippen LogP contribution in [0.5, 0.6) is 5.75 Å². The summed E-state index contributed by atoms with van der Waals surface area (Å²) in [5.41, 5.74) is 2.30. The summed E-state index contributed by atoms with van der Waals surface area (Å²) in [6.07, 6.45) is 3.75. The Labute approximate surface area is 132 Å². The first-order valence-electron chi connectivity index (χ1n) is 7.81. The van der Waals surface area contributed by atoms with Crippen molar-refractivity contribution < 1.29 is 4.74 Å². The van der Waals surface area contributed by atoms with E-state index >= 15 is 0 Å². The van der Waals surface area contributed by atoms with Gasteiger partial charge in [-0.15, -0.1) is 0 Å². The normalized spacial score (nSPS) is 16.7. The van der Waals surface area contributed by atoms with Gasteiger partial charge in [-0.05, 0) is 36.1 Å². The van der Waals surface area contributed by atoms with E-state index in [0.29, 0.717) is 6.61 Å². The molecule has 0 aliphatic carbocycles. The maximum Gasteiger partial charge on any atom is 0.142 e. The molecule has 0 unspecified atom stereocenters.